The molecule has 0 amide bonds. The summed E-state index contributed by atoms with van der Waals surface area (Å²) in [5.74, 6) is 0. The summed E-state index contributed by atoms with van der Waals surface area (Å²) in [6, 6.07) is 39.0. The number of nitrogens with zero attached hydrogens (tertiary/aromatic N) is 1. The molecule has 1 heterocycles. The molecule has 2 aliphatic rings. The lowest BCUT2D eigenvalue weighted by Gasteiger charge is -2.43. The predicted octanol–water partition coefficient (Wildman–Crippen LogP) is 12.4. The Labute approximate surface area is 271 Å². The zero-order valence-electron chi connectivity index (χ0n) is 28.8. The molecule has 0 atom stereocenters. The fraction of sp³-hybridized carbons (Fsp3) is 0.318. The summed E-state index contributed by atoms with van der Waals surface area (Å²) in [6.07, 6.45) is 0. The van der Waals surface area contributed by atoms with Crippen molar-refractivity contribution in [3.63, 3.8) is 0 Å². The quantitative estimate of drug-likeness (QED) is 0.198. The van der Waals surface area contributed by atoms with Crippen molar-refractivity contribution in [2.45, 2.75) is 90.9 Å². The third-order valence-corrected chi connectivity index (χ3v) is 10.5. The smallest absolute Gasteiger partial charge is 0.0543 e. The normalized spacial score (nSPS) is 16.1. The van der Waals surface area contributed by atoms with E-state index in [1.807, 2.05) is 0 Å². The van der Waals surface area contributed by atoms with Gasteiger partial charge in [-0.2, -0.15) is 0 Å². The third-order valence-electron chi connectivity index (χ3n) is 10.5. The first-order valence-corrected chi connectivity index (χ1v) is 16.5. The molecule has 0 aromatic heterocycles. The van der Waals surface area contributed by atoms with Gasteiger partial charge < -0.3 is 4.90 Å². The number of hydrogen-bond acceptors (Lipinski definition) is 1. The number of fused-ring (bicyclic) bond motifs is 5. The number of anilines is 3. The third kappa shape index (κ3) is 4.42. The van der Waals surface area contributed by atoms with Gasteiger partial charge in [-0.15, -0.1) is 0 Å². The first kappa shape index (κ1) is 29.6. The van der Waals surface area contributed by atoms with Gasteiger partial charge in [-0.25, -0.2) is 0 Å². The Kier molecular flexibility index (Phi) is 6.38. The minimum Gasteiger partial charge on any atom is -0.309 e. The fourth-order valence-corrected chi connectivity index (χ4v) is 7.98. The summed E-state index contributed by atoms with van der Waals surface area (Å²) in [4.78, 5) is 2.56. The standard InChI is InChI=1S/C44H47N/c1-41(2,3)30-26-31-39-33(44(9,10)40(31)35(27-30)42(4,5)6)20-16-22-38(39)45-36-21-15-14-19-32(36)43(7,8)34-25-29(23-24-37(34)45)28-17-12-11-13-18-28/h11-27H,1-10H3. The van der Waals surface area contributed by atoms with E-state index in [-0.39, 0.29) is 21.7 Å². The van der Waals surface area contributed by atoms with Gasteiger partial charge in [-0.1, -0.05) is 148 Å². The van der Waals surface area contributed by atoms with E-state index in [0.717, 1.165) is 0 Å². The van der Waals surface area contributed by atoms with Crippen LogP contribution in [0, 0.1) is 0 Å². The van der Waals surface area contributed by atoms with Gasteiger partial charge in [0.05, 0.1) is 17.1 Å². The lowest BCUT2D eigenvalue weighted by molar-refractivity contribution is 0.545. The highest BCUT2D eigenvalue weighted by Crippen LogP contribution is 2.60. The van der Waals surface area contributed by atoms with E-state index in [1.54, 1.807) is 0 Å². The molecule has 1 aliphatic heterocycles. The summed E-state index contributed by atoms with van der Waals surface area (Å²) in [5.41, 5.74) is 17.4. The van der Waals surface area contributed by atoms with E-state index < -0.39 is 0 Å². The van der Waals surface area contributed by atoms with Gasteiger partial charge in [-0.3, -0.25) is 0 Å². The van der Waals surface area contributed by atoms with Gasteiger partial charge in [0.15, 0.2) is 0 Å². The molecule has 0 unspecified atom stereocenters. The van der Waals surface area contributed by atoms with Crippen LogP contribution in [0.2, 0.25) is 0 Å². The molecule has 7 rings (SSSR count). The monoisotopic (exact) mass is 589 g/mol. The molecule has 1 aliphatic carbocycles. The van der Waals surface area contributed by atoms with Gasteiger partial charge in [0, 0.05) is 16.4 Å². The molecule has 1 heteroatoms. The SMILES string of the molecule is CC(C)(C)c1cc2c(c(C(C)(C)C)c1)C(C)(C)c1cccc(N3c4ccccc4C(C)(C)c4cc(-c5ccccc5)ccc43)c1-2. The second-order valence-electron chi connectivity index (χ2n) is 16.3. The molecule has 0 spiro atoms. The van der Waals surface area contributed by atoms with Crippen molar-refractivity contribution in [2.24, 2.45) is 0 Å². The van der Waals surface area contributed by atoms with Crippen LogP contribution in [-0.2, 0) is 21.7 Å². The number of rotatable bonds is 2. The van der Waals surface area contributed by atoms with Crippen LogP contribution in [0.25, 0.3) is 22.3 Å². The Morgan fingerprint density at radius 1 is 0.489 bits per heavy atom. The van der Waals surface area contributed by atoms with Crippen LogP contribution >= 0.6 is 0 Å². The lowest BCUT2D eigenvalue weighted by atomic mass is 9.71. The van der Waals surface area contributed by atoms with Gasteiger partial charge in [0.1, 0.15) is 0 Å². The molecular formula is C44H47N. The lowest BCUT2D eigenvalue weighted by Crippen LogP contribution is -2.31. The van der Waals surface area contributed by atoms with Crippen molar-refractivity contribution in [1.82, 2.24) is 0 Å². The molecule has 1 nitrogen and oxygen atoms in total. The van der Waals surface area contributed by atoms with Gasteiger partial charge in [0.25, 0.3) is 0 Å². The van der Waals surface area contributed by atoms with E-state index in [4.69, 9.17) is 0 Å². The van der Waals surface area contributed by atoms with Crippen molar-refractivity contribution in [2.75, 3.05) is 4.90 Å². The number of para-hydroxylation sites is 1. The second kappa shape index (κ2) is 9.70. The highest BCUT2D eigenvalue weighted by atomic mass is 15.2. The Balaban J connectivity index is 1.55. The van der Waals surface area contributed by atoms with E-state index in [2.05, 4.69) is 177 Å². The van der Waals surface area contributed by atoms with Crippen LogP contribution in [-0.4, -0.2) is 0 Å². The van der Waals surface area contributed by atoms with Crippen LogP contribution in [0.1, 0.15) is 103 Å². The van der Waals surface area contributed by atoms with Crippen LogP contribution in [0.5, 0.6) is 0 Å². The van der Waals surface area contributed by atoms with Crippen LogP contribution in [0.4, 0.5) is 17.1 Å². The number of hydrogen-bond donors (Lipinski definition) is 0. The Bertz CT molecular complexity index is 1960. The summed E-state index contributed by atoms with van der Waals surface area (Å²) >= 11 is 0. The Morgan fingerprint density at radius 2 is 1.11 bits per heavy atom. The minimum atomic E-state index is -0.152. The molecule has 5 aromatic carbocycles. The Morgan fingerprint density at radius 3 is 1.80 bits per heavy atom. The van der Waals surface area contributed by atoms with E-state index in [9.17, 15) is 0 Å². The highest BCUT2D eigenvalue weighted by Gasteiger charge is 2.44. The molecule has 5 aromatic rings. The van der Waals surface area contributed by atoms with Crippen molar-refractivity contribution >= 4 is 17.1 Å². The summed E-state index contributed by atoms with van der Waals surface area (Å²) in [5, 5.41) is 0. The molecule has 0 bridgehead atoms. The van der Waals surface area contributed by atoms with Crippen molar-refractivity contribution < 1.29 is 0 Å². The summed E-state index contributed by atoms with van der Waals surface area (Å²) in [6.45, 7) is 23.8. The second-order valence-corrected chi connectivity index (χ2v) is 16.3. The van der Waals surface area contributed by atoms with Gasteiger partial charge in [0.2, 0.25) is 0 Å². The van der Waals surface area contributed by atoms with Crippen LogP contribution < -0.4 is 4.90 Å². The molecule has 0 N–H and O–H groups in total. The summed E-state index contributed by atoms with van der Waals surface area (Å²) in [7, 11) is 0. The zero-order valence-corrected chi connectivity index (χ0v) is 28.8. The van der Waals surface area contributed by atoms with E-state index in [1.165, 1.54) is 72.7 Å². The topological polar surface area (TPSA) is 3.24 Å². The average molecular weight is 590 g/mol. The maximum atomic E-state index is 2.56. The van der Waals surface area contributed by atoms with Crippen molar-refractivity contribution in [3.05, 3.63) is 137 Å². The maximum Gasteiger partial charge on any atom is 0.0543 e. The van der Waals surface area contributed by atoms with E-state index in [0.29, 0.717) is 0 Å². The average Bonchev–Trinajstić information content (AvgIpc) is 3.23. The molecule has 45 heavy (non-hydrogen) atoms. The molecule has 228 valence electrons. The zero-order chi connectivity index (χ0) is 32.1. The number of benzene rings is 5. The van der Waals surface area contributed by atoms with Crippen molar-refractivity contribution in [3.8, 4) is 22.3 Å². The molecule has 0 saturated heterocycles. The molecular weight excluding hydrogens is 542 g/mol. The first-order chi connectivity index (χ1) is 21.1. The highest BCUT2D eigenvalue weighted by molar-refractivity contribution is 5.98. The molecule has 0 fully saturated rings. The predicted molar refractivity (Wildman–Crippen MR) is 194 cm³/mol. The summed E-state index contributed by atoms with van der Waals surface area (Å²) < 4.78 is 0. The van der Waals surface area contributed by atoms with E-state index >= 15 is 0 Å². The fourth-order valence-electron chi connectivity index (χ4n) is 7.98. The van der Waals surface area contributed by atoms with Crippen molar-refractivity contribution in [1.29, 1.82) is 0 Å². The minimum absolute atomic E-state index is 0.0208. The van der Waals surface area contributed by atoms with Crippen LogP contribution in [0.15, 0.2) is 103 Å². The van der Waals surface area contributed by atoms with Gasteiger partial charge >= 0.3 is 0 Å². The largest absolute Gasteiger partial charge is 0.309 e. The van der Waals surface area contributed by atoms with Gasteiger partial charge in [-0.05, 0) is 85.2 Å². The molecule has 0 radical (unpaired) electrons. The van der Waals surface area contributed by atoms with Crippen LogP contribution in [0.3, 0.4) is 0 Å². The molecule has 0 saturated carbocycles. The maximum absolute atomic E-state index is 2.56. The Hall–Kier alpha value is -4.10. The first-order valence-electron chi connectivity index (χ1n) is 16.5.